The highest BCUT2D eigenvalue weighted by Gasteiger charge is 2.20. The number of hydrogen-bond donors (Lipinski definition) is 1. The minimum atomic E-state index is -0.412. The topological polar surface area (TPSA) is 71.3 Å². The Morgan fingerprint density at radius 2 is 2.19 bits per heavy atom. The zero-order valence-electron chi connectivity index (χ0n) is 12.4. The van der Waals surface area contributed by atoms with Gasteiger partial charge in [-0.2, -0.15) is 0 Å². The van der Waals surface area contributed by atoms with E-state index in [2.05, 4.69) is 38.2 Å². The summed E-state index contributed by atoms with van der Waals surface area (Å²) in [5.41, 5.74) is 0.636. The van der Waals surface area contributed by atoms with Crippen LogP contribution in [-0.4, -0.2) is 41.0 Å². The van der Waals surface area contributed by atoms with E-state index >= 15 is 0 Å². The first-order valence-corrected chi connectivity index (χ1v) is 8.03. The fourth-order valence-electron chi connectivity index (χ4n) is 2.75. The number of halogens is 1. The number of anilines is 1. The lowest BCUT2D eigenvalue weighted by atomic mass is 10.2. The Bertz CT molecular complexity index is 518. The van der Waals surface area contributed by atoms with E-state index < -0.39 is 4.92 Å². The third-order valence-electron chi connectivity index (χ3n) is 4.14. The second kappa shape index (κ2) is 7.17. The minimum Gasteiger partial charge on any atom is -0.368 e. The predicted octanol–water partition coefficient (Wildman–Crippen LogP) is 3.35. The molecule has 1 aromatic rings. The molecule has 1 aliphatic carbocycles. The Morgan fingerprint density at radius 3 is 2.81 bits per heavy atom. The van der Waals surface area contributed by atoms with E-state index in [1.165, 1.54) is 31.9 Å². The van der Waals surface area contributed by atoms with E-state index in [9.17, 15) is 10.1 Å². The number of hydrogen-bond acceptors (Lipinski definition) is 5. The SMILES string of the molecule is Cc1c([N+](=O)[O-])cnc(NCCN(C)C2CCCC2)c1Br. The van der Waals surface area contributed by atoms with Gasteiger partial charge in [-0.1, -0.05) is 12.8 Å². The average Bonchev–Trinajstić information content (AvgIpc) is 2.97. The molecule has 1 saturated carbocycles. The van der Waals surface area contributed by atoms with Crippen LogP contribution in [0.25, 0.3) is 0 Å². The number of nitro groups is 1. The van der Waals surface area contributed by atoms with Gasteiger partial charge in [0.05, 0.1) is 9.40 Å². The molecule has 0 atom stereocenters. The molecule has 1 aromatic heterocycles. The molecular formula is C14H21BrN4O2. The zero-order chi connectivity index (χ0) is 15.4. The van der Waals surface area contributed by atoms with Crippen LogP contribution in [0.3, 0.4) is 0 Å². The summed E-state index contributed by atoms with van der Waals surface area (Å²) >= 11 is 3.39. The van der Waals surface area contributed by atoms with Crippen molar-refractivity contribution in [2.75, 3.05) is 25.5 Å². The largest absolute Gasteiger partial charge is 0.368 e. The summed E-state index contributed by atoms with van der Waals surface area (Å²) in [7, 11) is 2.15. The summed E-state index contributed by atoms with van der Waals surface area (Å²) in [6.45, 7) is 3.43. The average molecular weight is 357 g/mol. The normalized spacial score (nSPS) is 15.6. The molecule has 116 valence electrons. The van der Waals surface area contributed by atoms with Crippen molar-refractivity contribution in [3.05, 3.63) is 26.3 Å². The smallest absolute Gasteiger partial charge is 0.291 e. The van der Waals surface area contributed by atoms with Gasteiger partial charge in [-0.25, -0.2) is 4.98 Å². The van der Waals surface area contributed by atoms with E-state index in [0.717, 1.165) is 13.1 Å². The standard InChI is InChI=1S/C14H21BrN4O2/c1-10-12(19(20)21)9-17-14(13(10)15)16-7-8-18(2)11-5-3-4-6-11/h9,11H,3-8H2,1-2H3,(H,16,17). The lowest BCUT2D eigenvalue weighted by molar-refractivity contribution is -0.385. The van der Waals surface area contributed by atoms with Crippen LogP contribution >= 0.6 is 15.9 Å². The molecular weight excluding hydrogens is 336 g/mol. The molecule has 21 heavy (non-hydrogen) atoms. The summed E-state index contributed by atoms with van der Waals surface area (Å²) in [5.74, 6) is 0.665. The van der Waals surface area contributed by atoms with Gasteiger partial charge in [0.25, 0.3) is 5.69 Å². The molecule has 0 saturated heterocycles. The molecule has 0 unspecified atom stereocenters. The lowest BCUT2D eigenvalue weighted by Crippen LogP contribution is -2.33. The van der Waals surface area contributed by atoms with Gasteiger partial charge in [-0.15, -0.1) is 0 Å². The van der Waals surface area contributed by atoms with Crippen molar-refractivity contribution in [3.8, 4) is 0 Å². The highest BCUT2D eigenvalue weighted by molar-refractivity contribution is 9.10. The van der Waals surface area contributed by atoms with Crippen molar-refractivity contribution in [2.24, 2.45) is 0 Å². The number of likely N-dealkylation sites (N-methyl/N-ethyl adjacent to an activating group) is 1. The maximum absolute atomic E-state index is 10.9. The quantitative estimate of drug-likeness (QED) is 0.625. The van der Waals surface area contributed by atoms with Crippen LogP contribution in [0.1, 0.15) is 31.2 Å². The van der Waals surface area contributed by atoms with Gasteiger partial charge in [0, 0.05) is 24.7 Å². The van der Waals surface area contributed by atoms with Crippen molar-refractivity contribution in [2.45, 2.75) is 38.6 Å². The fraction of sp³-hybridized carbons (Fsp3) is 0.643. The Hall–Kier alpha value is -1.21. The van der Waals surface area contributed by atoms with Gasteiger partial charge < -0.3 is 10.2 Å². The van der Waals surface area contributed by atoms with Gasteiger partial charge in [0.15, 0.2) is 0 Å². The highest BCUT2D eigenvalue weighted by Crippen LogP contribution is 2.30. The van der Waals surface area contributed by atoms with Crippen molar-refractivity contribution < 1.29 is 4.92 Å². The number of rotatable bonds is 6. The van der Waals surface area contributed by atoms with E-state index in [4.69, 9.17) is 0 Å². The van der Waals surface area contributed by atoms with Crippen LogP contribution in [0, 0.1) is 17.0 Å². The molecule has 0 amide bonds. The Kier molecular flexibility index (Phi) is 5.52. The fourth-order valence-corrected chi connectivity index (χ4v) is 3.20. The maximum Gasteiger partial charge on any atom is 0.291 e. The zero-order valence-corrected chi connectivity index (χ0v) is 14.0. The second-order valence-corrected chi connectivity index (χ2v) is 6.33. The Labute approximate surface area is 133 Å². The van der Waals surface area contributed by atoms with Crippen LogP contribution < -0.4 is 5.32 Å². The first kappa shape index (κ1) is 16.2. The number of aromatic nitrogens is 1. The van der Waals surface area contributed by atoms with Crippen LogP contribution in [0.2, 0.25) is 0 Å². The third-order valence-corrected chi connectivity index (χ3v) is 5.11. The molecule has 7 heteroatoms. The first-order valence-electron chi connectivity index (χ1n) is 7.24. The maximum atomic E-state index is 10.9. The molecule has 0 aromatic carbocycles. The molecule has 1 N–H and O–H groups in total. The number of nitrogens with zero attached hydrogens (tertiary/aromatic N) is 3. The van der Waals surface area contributed by atoms with Crippen LogP contribution in [0.5, 0.6) is 0 Å². The van der Waals surface area contributed by atoms with Crippen LogP contribution in [0.4, 0.5) is 11.5 Å². The summed E-state index contributed by atoms with van der Waals surface area (Å²) in [5, 5.41) is 14.1. The second-order valence-electron chi connectivity index (χ2n) is 5.53. The Balaban J connectivity index is 1.91. The van der Waals surface area contributed by atoms with Crippen molar-refractivity contribution in [1.29, 1.82) is 0 Å². The summed E-state index contributed by atoms with van der Waals surface area (Å²) in [6, 6.07) is 0.696. The molecule has 6 nitrogen and oxygen atoms in total. The predicted molar refractivity (Wildman–Crippen MR) is 86.7 cm³/mol. The minimum absolute atomic E-state index is 0.0375. The third kappa shape index (κ3) is 3.91. The molecule has 1 aliphatic rings. The lowest BCUT2D eigenvalue weighted by Gasteiger charge is -2.24. The number of nitrogens with one attached hydrogen (secondary N) is 1. The summed E-state index contributed by atoms with van der Waals surface area (Å²) in [6.07, 6.45) is 6.54. The molecule has 2 rings (SSSR count). The van der Waals surface area contributed by atoms with Crippen molar-refractivity contribution in [3.63, 3.8) is 0 Å². The van der Waals surface area contributed by atoms with Gasteiger partial charge in [0.1, 0.15) is 12.0 Å². The molecule has 0 radical (unpaired) electrons. The monoisotopic (exact) mass is 356 g/mol. The van der Waals surface area contributed by atoms with E-state index in [-0.39, 0.29) is 5.69 Å². The Morgan fingerprint density at radius 1 is 1.52 bits per heavy atom. The van der Waals surface area contributed by atoms with Crippen LogP contribution in [0.15, 0.2) is 10.7 Å². The summed E-state index contributed by atoms with van der Waals surface area (Å²) in [4.78, 5) is 17.0. The molecule has 0 bridgehead atoms. The van der Waals surface area contributed by atoms with Gasteiger partial charge in [-0.05, 0) is 42.7 Å². The van der Waals surface area contributed by atoms with E-state index in [1.807, 2.05) is 0 Å². The molecule has 0 spiro atoms. The van der Waals surface area contributed by atoms with Gasteiger partial charge >= 0.3 is 0 Å². The van der Waals surface area contributed by atoms with Gasteiger partial charge in [0.2, 0.25) is 0 Å². The van der Waals surface area contributed by atoms with E-state index in [1.54, 1.807) is 6.92 Å². The van der Waals surface area contributed by atoms with Crippen molar-refractivity contribution in [1.82, 2.24) is 9.88 Å². The molecule has 1 fully saturated rings. The van der Waals surface area contributed by atoms with Crippen LogP contribution in [-0.2, 0) is 0 Å². The van der Waals surface area contributed by atoms with E-state index in [0.29, 0.717) is 21.9 Å². The molecule has 0 aliphatic heterocycles. The summed E-state index contributed by atoms with van der Waals surface area (Å²) < 4.78 is 0.667. The highest BCUT2D eigenvalue weighted by atomic mass is 79.9. The van der Waals surface area contributed by atoms with Crippen molar-refractivity contribution >= 4 is 27.4 Å². The molecule has 1 heterocycles. The number of pyridine rings is 1. The van der Waals surface area contributed by atoms with Gasteiger partial charge in [-0.3, -0.25) is 10.1 Å². The first-order chi connectivity index (χ1) is 10.0.